The van der Waals surface area contributed by atoms with E-state index in [4.69, 9.17) is 0 Å². The molecule has 1 amide bonds. The quantitative estimate of drug-likeness (QED) is 0.762. The average Bonchev–Trinajstić information content (AvgIpc) is 2.46. The van der Waals surface area contributed by atoms with Gasteiger partial charge in [-0.25, -0.2) is 8.42 Å². The Labute approximate surface area is 134 Å². The summed E-state index contributed by atoms with van der Waals surface area (Å²) >= 11 is 3.45. The van der Waals surface area contributed by atoms with Crippen LogP contribution in [0.15, 0.2) is 29.2 Å². The van der Waals surface area contributed by atoms with Crippen molar-refractivity contribution in [3.63, 3.8) is 0 Å². The second kappa shape index (κ2) is 6.92. The number of hydrogen-bond acceptors (Lipinski definition) is 3. The number of sulfone groups is 1. The number of alkyl halides is 1. The van der Waals surface area contributed by atoms with E-state index in [0.29, 0.717) is 11.5 Å². The van der Waals surface area contributed by atoms with E-state index in [0.717, 1.165) is 43.9 Å². The zero-order chi connectivity index (χ0) is 15.5. The molecule has 0 N–H and O–H groups in total. The van der Waals surface area contributed by atoms with Crippen LogP contribution in [-0.2, 0) is 9.84 Å². The van der Waals surface area contributed by atoms with Crippen LogP contribution in [0, 0.1) is 5.92 Å². The molecule has 0 spiro atoms. The number of hydrogen-bond donors (Lipinski definition) is 0. The molecule has 4 nitrogen and oxygen atoms in total. The van der Waals surface area contributed by atoms with Crippen LogP contribution in [0.3, 0.4) is 0 Å². The van der Waals surface area contributed by atoms with Crippen LogP contribution < -0.4 is 0 Å². The maximum absolute atomic E-state index is 12.5. The molecule has 0 radical (unpaired) electrons. The van der Waals surface area contributed by atoms with Gasteiger partial charge >= 0.3 is 0 Å². The van der Waals surface area contributed by atoms with E-state index < -0.39 is 9.84 Å². The van der Waals surface area contributed by atoms with E-state index in [9.17, 15) is 13.2 Å². The summed E-state index contributed by atoms with van der Waals surface area (Å²) in [6.45, 7) is 1.51. The van der Waals surface area contributed by atoms with Gasteiger partial charge in [0.2, 0.25) is 0 Å². The molecule has 0 aliphatic carbocycles. The number of nitrogens with zero attached hydrogens (tertiary/aromatic N) is 1. The Hall–Kier alpha value is -0.880. The molecule has 6 heteroatoms. The average molecular weight is 374 g/mol. The third-order valence-electron chi connectivity index (χ3n) is 3.83. The molecule has 1 fully saturated rings. The number of rotatable bonds is 4. The summed E-state index contributed by atoms with van der Waals surface area (Å²) < 4.78 is 23.2. The number of halogens is 1. The molecule has 0 saturated carbocycles. The lowest BCUT2D eigenvalue weighted by molar-refractivity contribution is 0.0671. The molecule has 2 rings (SSSR count). The van der Waals surface area contributed by atoms with Gasteiger partial charge in [-0.1, -0.05) is 22.0 Å². The van der Waals surface area contributed by atoms with E-state index in [-0.39, 0.29) is 10.8 Å². The molecule has 1 aliphatic rings. The van der Waals surface area contributed by atoms with Crippen molar-refractivity contribution >= 4 is 31.7 Å². The molecule has 116 valence electrons. The van der Waals surface area contributed by atoms with E-state index in [1.165, 1.54) is 12.1 Å². The van der Waals surface area contributed by atoms with Crippen LogP contribution in [0.1, 0.15) is 29.6 Å². The highest BCUT2D eigenvalue weighted by molar-refractivity contribution is 9.09. The lowest BCUT2D eigenvalue weighted by Crippen LogP contribution is -2.40. The van der Waals surface area contributed by atoms with E-state index >= 15 is 0 Å². The van der Waals surface area contributed by atoms with Crippen molar-refractivity contribution in [1.82, 2.24) is 4.90 Å². The molecule has 1 aromatic carbocycles. The molecule has 1 aliphatic heterocycles. The summed E-state index contributed by atoms with van der Waals surface area (Å²) in [7, 11) is -3.29. The Balaban J connectivity index is 2.16. The fourth-order valence-corrected chi connectivity index (χ4v) is 4.00. The van der Waals surface area contributed by atoms with Crippen LogP contribution in [0.25, 0.3) is 0 Å². The molecular weight excluding hydrogens is 354 g/mol. The minimum absolute atomic E-state index is 0.0697. The smallest absolute Gasteiger partial charge is 0.253 e. The predicted molar refractivity (Wildman–Crippen MR) is 86.6 cm³/mol. The minimum atomic E-state index is -3.29. The van der Waals surface area contributed by atoms with Gasteiger partial charge in [-0.15, -0.1) is 0 Å². The van der Waals surface area contributed by atoms with Gasteiger partial charge in [0, 0.05) is 30.2 Å². The number of amides is 1. The fraction of sp³-hybridized carbons (Fsp3) is 0.533. The Bertz CT molecular complexity index is 613. The lowest BCUT2D eigenvalue weighted by Gasteiger charge is -2.32. The molecule has 0 aromatic heterocycles. The highest BCUT2D eigenvalue weighted by Crippen LogP contribution is 2.22. The molecule has 21 heavy (non-hydrogen) atoms. The number of likely N-dealkylation sites (tertiary alicyclic amines) is 1. The second-order valence-corrected chi connectivity index (χ2v) is 8.35. The van der Waals surface area contributed by atoms with Gasteiger partial charge < -0.3 is 4.90 Å². The molecule has 1 atom stereocenters. The standard InChI is InChI=1S/C15H20BrNO3S/c1-21(19,20)14-6-2-5-13(10-14)15(18)17-9-3-4-12(11-17)7-8-16/h2,5-6,10,12H,3-4,7-9,11H2,1H3. The zero-order valence-electron chi connectivity index (χ0n) is 12.1. The van der Waals surface area contributed by atoms with Crippen LogP contribution in [0.5, 0.6) is 0 Å². The topological polar surface area (TPSA) is 54.5 Å². The van der Waals surface area contributed by atoms with Crippen molar-refractivity contribution in [2.24, 2.45) is 5.92 Å². The molecule has 0 bridgehead atoms. The van der Waals surface area contributed by atoms with Crippen LogP contribution >= 0.6 is 15.9 Å². The van der Waals surface area contributed by atoms with Gasteiger partial charge in [0.1, 0.15) is 0 Å². The summed E-state index contributed by atoms with van der Waals surface area (Å²) in [6, 6.07) is 6.32. The Morgan fingerprint density at radius 1 is 1.43 bits per heavy atom. The molecule has 1 aromatic rings. The highest BCUT2D eigenvalue weighted by Gasteiger charge is 2.24. The van der Waals surface area contributed by atoms with E-state index in [1.807, 2.05) is 4.90 Å². The fourth-order valence-electron chi connectivity index (χ4n) is 2.68. The second-order valence-electron chi connectivity index (χ2n) is 5.54. The third kappa shape index (κ3) is 4.30. The largest absolute Gasteiger partial charge is 0.338 e. The highest BCUT2D eigenvalue weighted by atomic mass is 79.9. The number of carbonyl (C=O) groups is 1. The van der Waals surface area contributed by atoms with Crippen LogP contribution in [-0.4, -0.2) is 43.9 Å². The molecule has 1 saturated heterocycles. The van der Waals surface area contributed by atoms with Crippen LogP contribution in [0.2, 0.25) is 0 Å². The van der Waals surface area contributed by atoms with Crippen molar-refractivity contribution in [3.8, 4) is 0 Å². The Morgan fingerprint density at radius 3 is 2.86 bits per heavy atom. The first-order valence-electron chi connectivity index (χ1n) is 7.07. The number of benzene rings is 1. The minimum Gasteiger partial charge on any atom is -0.338 e. The van der Waals surface area contributed by atoms with Crippen molar-refractivity contribution in [1.29, 1.82) is 0 Å². The summed E-state index contributed by atoms with van der Waals surface area (Å²) in [5.74, 6) is 0.458. The Morgan fingerprint density at radius 2 is 2.19 bits per heavy atom. The Kier molecular flexibility index (Phi) is 5.43. The van der Waals surface area contributed by atoms with E-state index in [2.05, 4.69) is 15.9 Å². The summed E-state index contributed by atoms with van der Waals surface area (Å²) in [5, 5.41) is 0.948. The van der Waals surface area contributed by atoms with Gasteiger partial charge in [0.15, 0.2) is 9.84 Å². The summed E-state index contributed by atoms with van der Waals surface area (Å²) in [4.78, 5) is 14.6. The molecular formula is C15H20BrNO3S. The van der Waals surface area contributed by atoms with E-state index in [1.54, 1.807) is 12.1 Å². The predicted octanol–water partition coefficient (Wildman–Crippen LogP) is 2.73. The van der Waals surface area contributed by atoms with Gasteiger partial charge in [-0.05, 0) is 43.4 Å². The number of carbonyl (C=O) groups excluding carboxylic acids is 1. The maximum Gasteiger partial charge on any atom is 0.253 e. The van der Waals surface area contributed by atoms with Crippen molar-refractivity contribution in [2.75, 3.05) is 24.7 Å². The van der Waals surface area contributed by atoms with Gasteiger partial charge in [-0.2, -0.15) is 0 Å². The van der Waals surface area contributed by atoms with Crippen molar-refractivity contribution in [3.05, 3.63) is 29.8 Å². The summed E-state index contributed by atoms with van der Waals surface area (Å²) in [6.07, 6.45) is 4.38. The number of piperidine rings is 1. The molecule has 1 unspecified atom stereocenters. The monoisotopic (exact) mass is 373 g/mol. The van der Waals surface area contributed by atoms with Gasteiger partial charge in [0.25, 0.3) is 5.91 Å². The molecule has 1 heterocycles. The lowest BCUT2D eigenvalue weighted by atomic mass is 9.95. The zero-order valence-corrected chi connectivity index (χ0v) is 14.5. The van der Waals surface area contributed by atoms with Crippen molar-refractivity contribution < 1.29 is 13.2 Å². The maximum atomic E-state index is 12.5. The first kappa shape index (κ1) is 16.5. The normalized spacial score (nSPS) is 19.5. The van der Waals surface area contributed by atoms with Gasteiger partial charge in [0.05, 0.1) is 4.90 Å². The SMILES string of the molecule is CS(=O)(=O)c1cccc(C(=O)N2CCCC(CCBr)C2)c1. The first-order valence-corrected chi connectivity index (χ1v) is 10.1. The first-order chi connectivity index (χ1) is 9.91. The summed E-state index contributed by atoms with van der Waals surface area (Å²) in [5.41, 5.74) is 0.456. The van der Waals surface area contributed by atoms with Crippen molar-refractivity contribution in [2.45, 2.75) is 24.2 Å². The van der Waals surface area contributed by atoms with Gasteiger partial charge in [-0.3, -0.25) is 4.79 Å². The van der Waals surface area contributed by atoms with Crippen LogP contribution in [0.4, 0.5) is 0 Å². The third-order valence-corrected chi connectivity index (χ3v) is 5.40.